The number of hydrogen-bond acceptors (Lipinski definition) is 2. The molecule has 0 aliphatic carbocycles. The van der Waals surface area contributed by atoms with Gasteiger partial charge < -0.3 is 9.84 Å². The van der Waals surface area contributed by atoms with E-state index < -0.39 is 0 Å². The van der Waals surface area contributed by atoms with Gasteiger partial charge in [-0.05, 0) is 67.0 Å². The third-order valence-corrected chi connectivity index (χ3v) is 4.51. The van der Waals surface area contributed by atoms with Crippen LogP contribution in [-0.4, -0.2) is 5.11 Å². The van der Waals surface area contributed by atoms with Crippen LogP contribution in [0.5, 0.6) is 17.2 Å². The molecule has 0 fully saturated rings. The number of phenolic OH excluding ortho intramolecular Hbond substituents is 1. The fraction of sp³-hybridized carbons (Fsp3) is 0.400. The lowest BCUT2D eigenvalue weighted by atomic mass is 9.95. The van der Waals surface area contributed by atoms with Crippen molar-refractivity contribution < 1.29 is 9.84 Å². The van der Waals surface area contributed by atoms with Gasteiger partial charge in [0.25, 0.3) is 0 Å². The van der Waals surface area contributed by atoms with Gasteiger partial charge in [0, 0.05) is 0 Å². The van der Waals surface area contributed by atoms with Crippen LogP contribution in [0.3, 0.4) is 0 Å². The van der Waals surface area contributed by atoms with E-state index in [1.165, 1.54) is 36.8 Å². The Balaban J connectivity index is 1.87. The molecule has 2 nitrogen and oxygen atoms in total. The molecule has 2 heterocycles. The lowest BCUT2D eigenvalue weighted by Crippen LogP contribution is -1.98. The van der Waals surface area contributed by atoms with Crippen molar-refractivity contribution >= 4 is 0 Å². The monoisotopic (exact) mass is 296 g/mol. The van der Waals surface area contributed by atoms with Gasteiger partial charge in [-0.15, -0.1) is 0 Å². The van der Waals surface area contributed by atoms with Gasteiger partial charge in [-0.1, -0.05) is 38.0 Å². The third kappa shape index (κ3) is 3.82. The average Bonchev–Trinajstić information content (AvgIpc) is 2.54. The molecule has 2 aliphatic heterocycles. The molecule has 22 heavy (non-hydrogen) atoms. The first kappa shape index (κ1) is 15.0. The number of ether oxygens (including phenoxy) is 1. The Morgan fingerprint density at radius 3 is 2.50 bits per heavy atom. The molecule has 4 bridgehead atoms. The minimum Gasteiger partial charge on any atom is -0.504 e. The van der Waals surface area contributed by atoms with E-state index >= 15 is 0 Å². The summed E-state index contributed by atoms with van der Waals surface area (Å²) in [5.74, 6) is 2.30. The topological polar surface area (TPSA) is 29.5 Å². The summed E-state index contributed by atoms with van der Waals surface area (Å²) in [6.45, 7) is 2.36. The largest absolute Gasteiger partial charge is 0.504 e. The quantitative estimate of drug-likeness (QED) is 0.697. The summed E-state index contributed by atoms with van der Waals surface area (Å²) >= 11 is 0. The van der Waals surface area contributed by atoms with E-state index in [4.69, 9.17) is 4.74 Å². The number of rotatable bonds is 0. The fourth-order valence-electron chi connectivity index (χ4n) is 3.03. The van der Waals surface area contributed by atoms with Crippen LogP contribution in [0.4, 0.5) is 0 Å². The highest BCUT2D eigenvalue weighted by Gasteiger charge is 2.08. The van der Waals surface area contributed by atoms with Gasteiger partial charge in [0.15, 0.2) is 11.5 Å². The first-order valence-corrected chi connectivity index (χ1v) is 8.29. The Morgan fingerprint density at radius 1 is 0.909 bits per heavy atom. The van der Waals surface area contributed by atoms with Gasteiger partial charge in [-0.2, -0.15) is 0 Å². The minimum atomic E-state index is 0.200. The van der Waals surface area contributed by atoms with E-state index in [-0.39, 0.29) is 5.75 Å². The Labute approximate surface area is 132 Å². The summed E-state index contributed by atoms with van der Waals surface area (Å²) in [4.78, 5) is 0. The third-order valence-electron chi connectivity index (χ3n) is 4.51. The van der Waals surface area contributed by atoms with Crippen LogP contribution in [0.25, 0.3) is 0 Å². The van der Waals surface area contributed by atoms with Gasteiger partial charge >= 0.3 is 0 Å². The summed E-state index contributed by atoms with van der Waals surface area (Å²) in [7, 11) is 0. The van der Waals surface area contributed by atoms with E-state index in [1.807, 2.05) is 24.3 Å². The number of benzene rings is 2. The summed E-state index contributed by atoms with van der Waals surface area (Å²) in [6, 6.07) is 13.9. The highest BCUT2D eigenvalue weighted by molar-refractivity contribution is 5.44. The predicted octanol–water partition coefficient (Wildman–Crippen LogP) is 5.48. The van der Waals surface area contributed by atoms with E-state index in [2.05, 4.69) is 19.1 Å². The Morgan fingerprint density at radius 2 is 1.68 bits per heavy atom. The summed E-state index contributed by atoms with van der Waals surface area (Å²) in [5.41, 5.74) is 2.58. The standard InChI is InChI=1S/C20H24O2/c1-15-4-2-3-5-17-10-13-19(21)20(14-17)22-18-11-8-16(7-6-15)9-12-18/h8-15,21H,2-7H2,1H3/t15-/m1/s1. The summed E-state index contributed by atoms with van der Waals surface area (Å²) in [6.07, 6.45) is 7.16. The van der Waals surface area contributed by atoms with Crippen LogP contribution in [0.2, 0.25) is 0 Å². The maximum absolute atomic E-state index is 9.99. The van der Waals surface area contributed by atoms with Crippen molar-refractivity contribution in [2.75, 3.05) is 0 Å². The number of fused-ring (bicyclic) bond motifs is 8. The van der Waals surface area contributed by atoms with Crippen molar-refractivity contribution in [3.63, 3.8) is 0 Å². The second-order valence-electron chi connectivity index (χ2n) is 6.44. The van der Waals surface area contributed by atoms with Gasteiger partial charge in [-0.25, -0.2) is 0 Å². The maximum atomic E-state index is 9.99. The van der Waals surface area contributed by atoms with E-state index in [9.17, 15) is 5.11 Å². The van der Waals surface area contributed by atoms with Crippen LogP contribution in [-0.2, 0) is 12.8 Å². The molecule has 0 unspecified atom stereocenters. The Bertz CT molecular complexity index is 616. The van der Waals surface area contributed by atoms with Crippen molar-refractivity contribution in [1.29, 1.82) is 0 Å². The molecule has 1 atom stereocenters. The molecule has 2 aromatic rings. The van der Waals surface area contributed by atoms with Crippen molar-refractivity contribution in [3.05, 3.63) is 53.6 Å². The summed E-state index contributed by atoms with van der Waals surface area (Å²) < 4.78 is 5.85. The zero-order chi connectivity index (χ0) is 15.4. The van der Waals surface area contributed by atoms with Crippen molar-refractivity contribution in [2.45, 2.75) is 45.4 Å². The molecule has 0 spiro atoms. The maximum Gasteiger partial charge on any atom is 0.169 e. The Kier molecular flexibility index (Phi) is 4.67. The van der Waals surface area contributed by atoms with Crippen LogP contribution < -0.4 is 4.74 Å². The molecule has 0 saturated carbocycles. The van der Waals surface area contributed by atoms with Gasteiger partial charge in [0.1, 0.15) is 5.75 Å². The molecule has 2 aromatic carbocycles. The van der Waals surface area contributed by atoms with Crippen LogP contribution in [0.15, 0.2) is 42.5 Å². The molecule has 0 radical (unpaired) electrons. The normalized spacial score (nSPS) is 19.0. The first-order valence-electron chi connectivity index (χ1n) is 8.29. The molecule has 2 heteroatoms. The second kappa shape index (κ2) is 6.87. The Hall–Kier alpha value is -1.96. The van der Waals surface area contributed by atoms with Crippen LogP contribution >= 0.6 is 0 Å². The fourth-order valence-corrected chi connectivity index (χ4v) is 3.03. The number of aryl methyl sites for hydroxylation is 2. The molecular weight excluding hydrogens is 272 g/mol. The van der Waals surface area contributed by atoms with Crippen LogP contribution in [0.1, 0.15) is 43.7 Å². The SMILES string of the molecule is C[C@@H]1CCCCc2ccc(O)c(c2)Oc2ccc(cc2)CC1. The van der Waals surface area contributed by atoms with Gasteiger partial charge in [-0.3, -0.25) is 0 Å². The lowest BCUT2D eigenvalue weighted by Gasteiger charge is -2.11. The number of aromatic hydroxyl groups is 1. The highest BCUT2D eigenvalue weighted by atomic mass is 16.5. The van der Waals surface area contributed by atoms with Crippen molar-refractivity contribution in [1.82, 2.24) is 0 Å². The second-order valence-corrected chi connectivity index (χ2v) is 6.44. The van der Waals surface area contributed by atoms with E-state index in [0.717, 1.165) is 24.5 Å². The van der Waals surface area contributed by atoms with Gasteiger partial charge in [0.05, 0.1) is 0 Å². The molecule has 0 aromatic heterocycles. The molecule has 116 valence electrons. The van der Waals surface area contributed by atoms with E-state index in [0.29, 0.717) is 5.75 Å². The lowest BCUT2D eigenvalue weighted by molar-refractivity contribution is 0.410. The molecule has 4 rings (SSSR count). The molecular formula is C20H24O2. The molecule has 2 aliphatic rings. The smallest absolute Gasteiger partial charge is 0.169 e. The van der Waals surface area contributed by atoms with Crippen LogP contribution in [0, 0.1) is 5.92 Å². The van der Waals surface area contributed by atoms with E-state index in [1.54, 1.807) is 6.07 Å². The number of hydrogen-bond donors (Lipinski definition) is 1. The molecule has 0 saturated heterocycles. The highest BCUT2D eigenvalue weighted by Crippen LogP contribution is 2.32. The van der Waals surface area contributed by atoms with Crippen molar-refractivity contribution in [3.8, 4) is 17.2 Å². The van der Waals surface area contributed by atoms with Crippen molar-refractivity contribution in [2.24, 2.45) is 5.92 Å². The minimum absolute atomic E-state index is 0.200. The van der Waals surface area contributed by atoms with Gasteiger partial charge in [0.2, 0.25) is 0 Å². The molecule has 0 amide bonds. The molecule has 1 N–H and O–H groups in total. The zero-order valence-corrected chi connectivity index (χ0v) is 13.2. The average molecular weight is 296 g/mol. The zero-order valence-electron chi connectivity index (χ0n) is 13.2. The number of phenols is 1. The first-order chi connectivity index (χ1) is 10.7. The predicted molar refractivity (Wildman–Crippen MR) is 89.7 cm³/mol. The summed E-state index contributed by atoms with van der Waals surface area (Å²) in [5, 5.41) is 9.99.